The van der Waals surface area contributed by atoms with E-state index in [1.165, 1.54) is 0 Å². The predicted octanol–water partition coefficient (Wildman–Crippen LogP) is 2.05. The van der Waals surface area contributed by atoms with Gasteiger partial charge in [0.1, 0.15) is 5.76 Å². The number of urea groups is 1. The molecule has 2 N–H and O–H groups in total. The second-order valence-corrected chi connectivity index (χ2v) is 5.15. The molecule has 0 atom stereocenters. The third-order valence-electron chi connectivity index (χ3n) is 3.30. The topological polar surface area (TPSA) is 97.9 Å². The second kappa shape index (κ2) is 7.58. The van der Waals surface area contributed by atoms with Gasteiger partial charge in [0.15, 0.2) is 5.82 Å². The molecule has 0 fully saturated rings. The number of carbonyl (C=O) groups is 1. The number of carbonyl (C=O) groups excluding carboxylic acids is 1. The Morgan fingerprint density at radius 2 is 2.23 bits per heavy atom. The molecule has 0 unspecified atom stereocenters. The first-order valence-electron chi connectivity index (χ1n) is 7.47. The van der Waals surface area contributed by atoms with Crippen molar-refractivity contribution in [1.82, 2.24) is 25.5 Å². The number of rotatable bonds is 7. The van der Waals surface area contributed by atoms with Gasteiger partial charge in [-0.15, -0.1) is 5.10 Å². The van der Waals surface area contributed by atoms with Crippen molar-refractivity contribution in [2.75, 3.05) is 11.9 Å². The molecule has 22 heavy (non-hydrogen) atoms. The number of aryl methyl sites for hydroxylation is 3. The number of hydrogen-bond donors (Lipinski definition) is 2. The van der Waals surface area contributed by atoms with Gasteiger partial charge < -0.3 is 9.84 Å². The minimum Gasteiger partial charge on any atom is -0.361 e. The molecule has 0 aromatic carbocycles. The minimum atomic E-state index is -0.276. The second-order valence-electron chi connectivity index (χ2n) is 5.15. The monoisotopic (exact) mass is 306 g/mol. The third kappa shape index (κ3) is 4.31. The van der Waals surface area contributed by atoms with E-state index in [0.717, 1.165) is 42.8 Å². The van der Waals surface area contributed by atoms with Gasteiger partial charge in [0.2, 0.25) is 0 Å². The van der Waals surface area contributed by atoms with Crippen LogP contribution < -0.4 is 10.6 Å². The van der Waals surface area contributed by atoms with Crippen molar-refractivity contribution in [3.63, 3.8) is 0 Å². The molecule has 0 saturated carbocycles. The maximum absolute atomic E-state index is 11.7. The molecule has 0 aliphatic heterocycles. The lowest BCUT2D eigenvalue weighted by molar-refractivity contribution is 0.252. The molecule has 2 aromatic heterocycles. The minimum absolute atomic E-state index is 0.276. The van der Waals surface area contributed by atoms with Crippen molar-refractivity contribution >= 4 is 11.8 Å². The van der Waals surface area contributed by atoms with Crippen molar-refractivity contribution in [1.29, 1.82) is 0 Å². The molecule has 0 aliphatic carbocycles. The molecule has 0 saturated heterocycles. The van der Waals surface area contributed by atoms with Crippen LogP contribution in [0.3, 0.4) is 0 Å². The third-order valence-corrected chi connectivity index (χ3v) is 3.30. The number of nitrogens with one attached hydrogen (secondary N) is 2. The molecule has 2 heterocycles. The van der Waals surface area contributed by atoms with E-state index in [1.807, 2.05) is 13.8 Å². The number of anilines is 1. The van der Waals surface area contributed by atoms with Crippen LogP contribution in [0.5, 0.6) is 0 Å². The summed E-state index contributed by atoms with van der Waals surface area (Å²) in [6.45, 7) is 7.23. The molecule has 0 bridgehead atoms. The van der Waals surface area contributed by atoms with Gasteiger partial charge in [-0.05, 0) is 33.1 Å². The molecule has 0 spiro atoms. The standard InChI is InChI=1S/C14H22N6O2/c1-4-8-20-9-13(17-19-20)16-14(21)15-7-5-6-12-10(2)18-22-11(12)3/h9H,4-8H2,1-3H3,(H2,15,16,21). The summed E-state index contributed by atoms with van der Waals surface area (Å²) in [5, 5.41) is 17.2. The van der Waals surface area contributed by atoms with E-state index < -0.39 is 0 Å². The van der Waals surface area contributed by atoms with E-state index in [-0.39, 0.29) is 6.03 Å². The maximum atomic E-state index is 11.7. The zero-order valence-corrected chi connectivity index (χ0v) is 13.2. The number of aromatic nitrogens is 4. The van der Waals surface area contributed by atoms with Gasteiger partial charge in [-0.1, -0.05) is 17.3 Å². The van der Waals surface area contributed by atoms with Crippen molar-refractivity contribution in [2.24, 2.45) is 0 Å². The summed E-state index contributed by atoms with van der Waals surface area (Å²) in [5.74, 6) is 1.30. The van der Waals surface area contributed by atoms with E-state index in [1.54, 1.807) is 10.9 Å². The van der Waals surface area contributed by atoms with Crippen molar-refractivity contribution in [3.05, 3.63) is 23.2 Å². The van der Waals surface area contributed by atoms with Gasteiger partial charge >= 0.3 is 6.03 Å². The molecule has 8 nitrogen and oxygen atoms in total. The van der Waals surface area contributed by atoms with E-state index in [0.29, 0.717) is 12.4 Å². The summed E-state index contributed by atoms with van der Waals surface area (Å²) in [5.41, 5.74) is 2.03. The molecule has 2 amide bonds. The molecule has 2 aromatic rings. The van der Waals surface area contributed by atoms with Crippen LogP contribution in [0.25, 0.3) is 0 Å². The molecule has 120 valence electrons. The maximum Gasteiger partial charge on any atom is 0.320 e. The molecular formula is C14H22N6O2. The fourth-order valence-electron chi connectivity index (χ4n) is 2.18. The van der Waals surface area contributed by atoms with E-state index in [2.05, 4.69) is 33.0 Å². The first kappa shape index (κ1) is 16.0. The molecule has 2 rings (SSSR count). The smallest absolute Gasteiger partial charge is 0.320 e. The van der Waals surface area contributed by atoms with Crippen LogP contribution in [0, 0.1) is 13.8 Å². The Kier molecular flexibility index (Phi) is 5.51. The Morgan fingerprint density at radius 3 is 2.91 bits per heavy atom. The first-order chi connectivity index (χ1) is 10.6. The van der Waals surface area contributed by atoms with E-state index in [9.17, 15) is 4.79 Å². The van der Waals surface area contributed by atoms with E-state index >= 15 is 0 Å². The lowest BCUT2D eigenvalue weighted by Crippen LogP contribution is -2.29. The van der Waals surface area contributed by atoms with Crippen molar-refractivity contribution < 1.29 is 9.32 Å². The molecule has 0 radical (unpaired) electrons. The highest BCUT2D eigenvalue weighted by atomic mass is 16.5. The van der Waals surface area contributed by atoms with Crippen LogP contribution in [0.4, 0.5) is 10.6 Å². The number of nitrogens with zero attached hydrogens (tertiary/aromatic N) is 4. The Bertz CT molecular complexity index is 599. The van der Waals surface area contributed by atoms with Gasteiger partial charge in [0, 0.05) is 18.7 Å². The summed E-state index contributed by atoms with van der Waals surface area (Å²) in [4.78, 5) is 11.7. The Hall–Kier alpha value is -2.38. The Labute approximate surface area is 129 Å². The molecular weight excluding hydrogens is 284 g/mol. The SMILES string of the molecule is CCCn1cc(NC(=O)NCCCc2c(C)noc2C)nn1. The van der Waals surface area contributed by atoms with E-state index in [4.69, 9.17) is 4.52 Å². The number of amides is 2. The summed E-state index contributed by atoms with van der Waals surface area (Å²) in [7, 11) is 0. The van der Waals surface area contributed by atoms with Gasteiger partial charge in [-0.2, -0.15) is 0 Å². The van der Waals surface area contributed by atoms with Crippen molar-refractivity contribution in [2.45, 2.75) is 46.6 Å². The van der Waals surface area contributed by atoms with Crippen LogP contribution in [0.2, 0.25) is 0 Å². The van der Waals surface area contributed by atoms with Crippen molar-refractivity contribution in [3.8, 4) is 0 Å². The highest BCUT2D eigenvalue weighted by Gasteiger charge is 2.09. The summed E-state index contributed by atoms with van der Waals surface area (Å²) >= 11 is 0. The van der Waals surface area contributed by atoms with Crippen LogP contribution in [0.1, 0.15) is 36.8 Å². The summed E-state index contributed by atoms with van der Waals surface area (Å²) in [6.07, 6.45) is 4.33. The lowest BCUT2D eigenvalue weighted by Gasteiger charge is -2.05. The van der Waals surface area contributed by atoms with Crippen LogP contribution in [-0.2, 0) is 13.0 Å². The van der Waals surface area contributed by atoms with Gasteiger partial charge in [0.25, 0.3) is 0 Å². The fraction of sp³-hybridized carbons (Fsp3) is 0.571. The average Bonchev–Trinajstić information content (AvgIpc) is 3.04. The lowest BCUT2D eigenvalue weighted by atomic mass is 10.1. The predicted molar refractivity (Wildman–Crippen MR) is 81.6 cm³/mol. The molecule has 8 heteroatoms. The molecule has 0 aliphatic rings. The zero-order chi connectivity index (χ0) is 15.9. The van der Waals surface area contributed by atoms with Crippen LogP contribution in [0.15, 0.2) is 10.7 Å². The summed E-state index contributed by atoms with van der Waals surface area (Å²) in [6, 6.07) is -0.276. The Morgan fingerprint density at radius 1 is 1.41 bits per heavy atom. The van der Waals surface area contributed by atoms with Gasteiger partial charge in [0.05, 0.1) is 11.9 Å². The zero-order valence-electron chi connectivity index (χ0n) is 13.2. The average molecular weight is 306 g/mol. The first-order valence-corrected chi connectivity index (χ1v) is 7.47. The largest absolute Gasteiger partial charge is 0.361 e. The highest BCUT2D eigenvalue weighted by molar-refractivity contribution is 5.87. The normalized spacial score (nSPS) is 10.7. The fourth-order valence-corrected chi connectivity index (χ4v) is 2.18. The van der Waals surface area contributed by atoms with Crippen LogP contribution >= 0.6 is 0 Å². The highest BCUT2D eigenvalue weighted by Crippen LogP contribution is 2.13. The van der Waals surface area contributed by atoms with Gasteiger partial charge in [-0.3, -0.25) is 10.00 Å². The summed E-state index contributed by atoms with van der Waals surface area (Å²) < 4.78 is 6.81. The Balaban J connectivity index is 1.69. The van der Waals surface area contributed by atoms with Gasteiger partial charge in [-0.25, -0.2) is 4.79 Å². The van der Waals surface area contributed by atoms with Crippen LogP contribution in [-0.4, -0.2) is 32.7 Å². The quantitative estimate of drug-likeness (QED) is 0.763. The number of hydrogen-bond acceptors (Lipinski definition) is 5.